The molecule has 5 nitrogen and oxygen atoms in total. The highest BCUT2D eigenvalue weighted by molar-refractivity contribution is 7.13. The molecular weight excluding hydrogens is 368 g/mol. The Labute approximate surface area is 160 Å². The lowest BCUT2D eigenvalue weighted by molar-refractivity contribution is -0.120. The van der Waals surface area contributed by atoms with Gasteiger partial charge < -0.3 is 14.8 Å². The van der Waals surface area contributed by atoms with E-state index in [1.165, 1.54) is 16.2 Å². The Morgan fingerprint density at radius 2 is 1.96 bits per heavy atom. The second kappa shape index (κ2) is 8.33. The summed E-state index contributed by atoms with van der Waals surface area (Å²) >= 11 is 3.20. The lowest BCUT2D eigenvalue weighted by Crippen LogP contribution is -2.24. The SMILES string of the molecule is COc1ccc(-c2nc(CC(=O)NCc3ccc(C)s3)cs2)cc1OC. The highest BCUT2D eigenvalue weighted by atomic mass is 32.1. The molecular formula is C19H20N2O3S2. The van der Waals surface area contributed by atoms with Crippen molar-refractivity contribution in [3.8, 4) is 22.1 Å². The topological polar surface area (TPSA) is 60.5 Å². The van der Waals surface area contributed by atoms with Gasteiger partial charge in [-0.15, -0.1) is 22.7 Å². The smallest absolute Gasteiger partial charge is 0.226 e. The number of aromatic nitrogens is 1. The number of hydrogen-bond donors (Lipinski definition) is 1. The Balaban J connectivity index is 1.63. The molecule has 0 aliphatic rings. The van der Waals surface area contributed by atoms with Crippen molar-refractivity contribution >= 4 is 28.6 Å². The van der Waals surface area contributed by atoms with Gasteiger partial charge in [-0.1, -0.05) is 0 Å². The standard InChI is InChI=1S/C19H20N2O3S2/c1-12-4-6-15(26-12)10-20-18(22)9-14-11-25-19(21-14)13-5-7-16(23-2)17(8-13)24-3/h4-8,11H,9-10H2,1-3H3,(H,20,22). The molecule has 0 atom stereocenters. The summed E-state index contributed by atoms with van der Waals surface area (Å²) in [6.45, 7) is 2.62. The summed E-state index contributed by atoms with van der Waals surface area (Å²) in [5, 5.41) is 5.71. The molecule has 26 heavy (non-hydrogen) atoms. The van der Waals surface area contributed by atoms with Crippen molar-refractivity contribution in [2.24, 2.45) is 0 Å². The van der Waals surface area contributed by atoms with Gasteiger partial charge in [0.1, 0.15) is 5.01 Å². The van der Waals surface area contributed by atoms with E-state index in [9.17, 15) is 4.79 Å². The number of methoxy groups -OCH3 is 2. The minimum atomic E-state index is -0.0276. The van der Waals surface area contributed by atoms with Crippen LogP contribution in [0.15, 0.2) is 35.7 Å². The summed E-state index contributed by atoms with van der Waals surface area (Å²) in [7, 11) is 3.21. The maximum absolute atomic E-state index is 12.1. The maximum atomic E-state index is 12.1. The van der Waals surface area contributed by atoms with Gasteiger partial charge in [0.05, 0.1) is 32.9 Å². The van der Waals surface area contributed by atoms with E-state index in [4.69, 9.17) is 9.47 Å². The van der Waals surface area contributed by atoms with Crippen molar-refractivity contribution in [1.82, 2.24) is 10.3 Å². The Morgan fingerprint density at radius 3 is 2.65 bits per heavy atom. The van der Waals surface area contributed by atoms with E-state index < -0.39 is 0 Å². The minimum absolute atomic E-state index is 0.0276. The number of aryl methyl sites for hydroxylation is 1. The average molecular weight is 389 g/mol. The number of rotatable bonds is 7. The Morgan fingerprint density at radius 1 is 1.15 bits per heavy atom. The fraction of sp³-hybridized carbons (Fsp3) is 0.263. The molecule has 1 amide bonds. The molecule has 0 radical (unpaired) electrons. The van der Waals surface area contributed by atoms with Crippen LogP contribution in [0.2, 0.25) is 0 Å². The number of nitrogens with zero attached hydrogens (tertiary/aromatic N) is 1. The molecule has 0 bridgehead atoms. The molecule has 3 aromatic rings. The molecule has 0 unspecified atom stereocenters. The van der Waals surface area contributed by atoms with Crippen molar-refractivity contribution in [3.63, 3.8) is 0 Å². The summed E-state index contributed by atoms with van der Waals surface area (Å²) in [5.74, 6) is 1.31. The van der Waals surface area contributed by atoms with Crippen LogP contribution in [0.5, 0.6) is 11.5 Å². The van der Waals surface area contributed by atoms with Crippen LogP contribution in [0.1, 0.15) is 15.4 Å². The molecule has 0 saturated carbocycles. The van der Waals surface area contributed by atoms with Gasteiger partial charge in [-0.2, -0.15) is 0 Å². The van der Waals surface area contributed by atoms with E-state index in [-0.39, 0.29) is 12.3 Å². The molecule has 2 heterocycles. The van der Waals surface area contributed by atoms with Gasteiger partial charge in [-0.05, 0) is 37.3 Å². The molecule has 0 aliphatic heterocycles. The summed E-state index contributed by atoms with van der Waals surface area (Å²) in [5.41, 5.74) is 1.70. The van der Waals surface area contributed by atoms with Crippen LogP contribution in [-0.2, 0) is 17.8 Å². The predicted octanol–water partition coefficient (Wildman–Crippen LogP) is 4.06. The molecule has 0 aliphatic carbocycles. The quantitative estimate of drug-likeness (QED) is 0.663. The number of amides is 1. The maximum Gasteiger partial charge on any atom is 0.226 e. The molecule has 2 aromatic heterocycles. The summed E-state index contributed by atoms with van der Waals surface area (Å²) in [4.78, 5) is 19.1. The zero-order chi connectivity index (χ0) is 18.5. The second-order valence-corrected chi connectivity index (χ2v) is 7.91. The van der Waals surface area contributed by atoms with E-state index in [1.807, 2.05) is 29.6 Å². The molecule has 1 N–H and O–H groups in total. The average Bonchev–Trinajstić information content (AvgIpc) is 3.28. The third kappa shape index (κ3) is 4.42. The monoisotopic (exact) mass is 388 g/mol. The number of carbonyl (C=O) groups is 1. The number of benzene rings is 1. The number of thiophene rings is 1. The van der Waals surface area contributed by atoms with Gasteiger partial charge in [0, 0.05) is 20.7 Å². The van der Waals surface area contributed by atoms with Crippen molar-refractivity contribution in [2.75, 3.05) is 14.2 Å². The molecule has 7 heteroatoms. The van der Waals surface area contributed by atoms with Gasteiger partial charge >= 0.3 is 0 Å². The second-order valence-electron chi connectivity index (χ2n) is 5.68. The van der Waals surface area contributed by atoms with Crippen LogP contribution in [-0.4, -0.2) is 25.1 Å². The summed E-state index contributed by atoms with van der Waals surface area (Å²) in [6.07, 6.45) is 0.272. The highest BCUT2D eigenvalue weighted by Gasteiger charge is 2.12. The van der Waals surface area contributed by atoms with Crippen molar-refractivity contribution in [3.05, 3.63) is 51.2 Å². The zero-order valence-electron chi connectivity index (χ0n) is 14.9. The lowest BCUT2D eigenvalue weighted by atomic mass is 10.2. The van der Waals surface area contributed by atoms with Crippen molar-refractivity contribution < 1.29 is 14.3 Å². The summed E-state index contributed by atoms with van der Waals surface area (Å²) < 4.78 is 10.6. The number of carbonyl (C=O) groups excluding carboxylic acids is 1. The molecule has 0 saturated heterocycles. The number of ether oxygens (including phenoxy) is 2. The first kappa shape index (κ1) is 18.4. The van der Waals surface area contributed by atoms with Crippen LogP contribution in [0.25, 0.3) is 10.6 Å². The van der Waals surface area contributed by atoms with Crippen molar-refractivity contribution in [1.29, 1.82) is 0 Å². The minimum Gasteiger partial charge on any atom is -0.493 e. The Bertz CT molecular complexity index is 902. The first-order valence-electron chi connectivity index (χ1n) is 8.08. The largest absolute Gasteiger partial charge is 0.493 e. The molecule has 0 fully saturated rings. The normalized spacial score (nSPS) is 10.6. The molecule has 136 valence electrons. The fourth-order valence-corrected chi connectivity index (χ4v) is 4.13. The zero-order valence-corrected chi connectivity index (χ0v) is 16.5. The van der Waals surface area contributed by atoms with Gasteiger partial charge in [0.25, 0.3) is 0 Å². The predicted molar refractivity (Wildman–Crippen MR) is 105 cm³/mol. The van der Waals surface area contributed by atoms with Gasteiger partial charge in [0.15, 0.2) is 11.5 Å². The highest BCUT2D eigenvalue weighted by Crippen LogP contribution is 2.33. The number of thiazole rings is 1. The van der Waals surface area contributed by atoms with Gasteiger partial charge in [-0.3, -0.25) is 4.79 Å². The summed E-state index contributed by atoms with van der Waals surface area (Å²) in [6, 6.07) is 9.77. The first-order valence-corrected chi connectivity index (χ1v) is 9.77. The van der Waals surface area contributed by atoms with Crippen LogP contribution in [0.3, 0.4) is 0 Å². The lowest BCUT2D eigenvalue weighted by Gasteiger charge is -2.08. The third-order valence-electron chi connectivity index (χ3n) is 3.78. The Hall–Kier alpha value is -2.38. The van der Waals surface area contributed by atoms with Crippen LogP contribution < -0.4 is 14.8 Å². The van der Waals surface area contributed by atoms with Crippen LogP contribution >= 0.6 is 22.7 Å². The van der Waals surface area contributed by atoms with E-state index in [1.54, 1.807) is 25.6 Å². The van der Waals surface area contributed by atoms with Crippen LogP contribution in [0.4, 0.5) is 0 Å². The van der Waals surface area contributed by atoms with E-state index in [0.717, 1.165) is 21.1 Å². The van der Waals surface area contributed by atoms with Gasteiger partial charge in [-0.25, -0.2) is 4.98 Å². The van der Waals surface area contributed by atoms with E-state index in [0.29, 0.717) is 18.0 Å². The number of hydrogen-bond acceptors (Lipinski definition) is 6. The van der Waals surface area contributed by atoms with Crippen molar-refractivity contribution in [2.45, 2.75) is 19.9 Å². The molecule has 0 spiro atoms. The van der Waals surface area contributed by atoms with Gasteiger partial charge in [0.2, 0.25) is 5.91 Å². The van der Waals surface area contributed by atoms with E-state index >= 15 is 0 Å². The third-order valence-corrected chi connectivity index (χ3v) is 5.72. The first-order chi connectivity index (χ1) is 12.6. The fourth-order valence-electron chi connectivity index (χ4n) is 2.48. The molecule has 1 aromatic carbocycles. The Kier molecular flexibility index (Phi) is 5.90. The van der Waals surface area contributed by atoms with E-state index in [2.05, 4.69) is 23.3 Å². The number of nitrogens with one attached hydrogen (secondary N) is 1. The molecule has 3 rings (SSSR count). The van der Waals surface area contributed by atoms with Crippen LogP contribution in [0, 0.1) is 6.92 Å².